The van der Waals surface area contributed by atoms with Crippen LogP contribution in [0.4, 0.5) is 0 Å². The molecule has 1 rings (SSSR count). The van der Waals surface area contributed by atoms with Crippen molar-refractivity contribution in [3.63, 3.8) is 0 Å². The van der Waals surface area contributed by atoms with Gasteiger partial charge in [0.05, 0.1) is 0 Å². The molecule has 0 saturated carbocycles. The molecule has 96 valence electrons. The van der Waals surface area contributed by atoms with E-state index in [2.05, 4.69) is 44.8 Å². The van der Waals surface area contributed by atoms with Gasteiger partial charge in [0, 0.05) is 18.6 Å². The molecule has 0 spiro atoms. The highest BCUT2D eigenvalue weighted by Gasteiger charge is 2.24. The molecule has 3 unspecified atom stereocenters. The molecular formula is C14H30N2. The number of hydrogen-bond donors (Lipinski definition) is 1. The highest BCUT2D eigenvalue weighted by molar-refractivity contribution is 4.80. The van der Waals surface area contributed by atoms with Crippen molar-refractivity contribution in [1.29, 1.82) is 0 Å². The van der Waals surface area contributed by atoms with Gasteiger partial charge in [0.1, 0.15) is 0 Å². The molecule has 0 aromatic carbocycles. The molecule has 0 amide bonds. The van der Waals surface area contributed by atoms with Crippen LogP contribution in [0.15, 0.2) is 0 Å². The molecule has 1 heterocycles. The summed E-state index contributed by atoms with van der Waals surface area (Å²) in [6, 6.07) is 1.38. The van der Waals surface area contributed by atoms with Crippen LogP contribution in [0.1, 0.15) is 47.5 Å². The monoisotopic (exact) mass is 226 g/mol. The van der Waals surface area contributed by atoms with Gasteiger partial charge < -0.3 is 10.2 Å². The summed E-state index contributed by atoms with van der Waals surface area (Å²) in [5.41, 5.74) is 0. The number of likely N-dealkylation sites (tertiary alicyclic amines) is 1. The minimum absolute atomic E-state index is 0.665. The first-order valence-corrected chi connectivity index (χ1v) is 7.02. The zero-order valence-corrected chi connectivity index (χ0v) is 11.8. The molecule has 0 aromatic rings. The lowest BCUT2D eigenvalue weighted by Gasteiger charge is -2.23. The van der Waals surface area contributed by atoms with Crippen LogP contribution in [0.2, 0.25) is 0 Å². The van der Waals surface area contributed by atoms with Gasteiger partial charge in [-0.1, -0.05) is 20.3 Å². The van der Waals surface area contributed by atoms with Crippen LogP contribution in [-0.4, -0.2) is 36.6 Å². The lowest BCUT2D eigenvalue weighted by Crippen LogP contribution is -2.37. The third-order valence-corrected chi connectivity index (χ3v) is 4.27. The van der Waals surface area contributed by atoms with Crippen molar-refractivity contribution in [2.24, 2.45) is 11.8 Å². The van der Waals surface area contributed by atoms with Crippen molar-refractivity contribution in [2.75, 3.05) is 19.6 Å². The van der Waals surface area contributed by atoms with Crippen molar-refractivity contribution in [2.45, 2.75) is 59.5 Å². The fraction of sp³-hybridized carbons (Fsp3) is 1.00. The van der Waals surface area contributed by atoms with Gasteiger partial charge in [-0.3, -0.25) is 0 Å². The molecule has 0 radical (unpaired) electrons. The lowest BCUT2D eigenvalue weighted by atomic mass is 10.00. The Labute approximate surface area is 102 Å². The van der Waals surface area contributed by atoms with Crippen LogP contribution in [0.25, 0.3) is 0 Å². The predicted molar refractivity (Wildman–Crippen MR) is 71.7 cm³/mol. The summed E-state index contributed by atoms with van der Waals surface area (Å²) < 4.78 is 0. The van der Waals surface area contributed by atoms with Gasteiger partial charge in [-0.15, -0.1) is 0 Å². The van der Waals surface area contributed by atoms with Crippen LogP contribution >= 0.6 is 0 Å². The number of rotatable bonds is 6. The first-order chi connectivity index (χ1) is 7.54. The highest BCUT2D eigenvalue weighted by atomic mass is 15.2. The Morgan fingerprint density at radius 2 is 1.94 bits per heavy atom. The predicted octanol–water partition coefficient (Wildman–Crippen LogP) is 2.74. The van der Waals surface area contributed by atoms with Crippen molar-refractivity contribution in [3.8, 4) is 0 Å². The van der Waals surface area contributed by atoms with E-state index >= 15 is 0 Å². The number of nitrogens with zero attached hydrogens (tertiary/aromatic N) is 1. The zero-order chi connectivity index (χ0) is 12.1. The molecule has 2 nitrogen and oxygen atoms in total. The fourth-order valence-corrected chi connectivity index (χ4v) is 2.41. The second kappa shape index (κ2) is 6.61. The van der Waals surface area contributed by atoms with Crippen LogP contribution in [-0.2, 0) is 0 Å². The Morgan fingerprint density at radius 1 is 1.25 bits per heavy atom. The van der Waals surface area contributed by atoms with Crippen LogP contribution < -0.4 is 5.32 Å². The van der Waals surface area contributed by atoms with Gasteiger partial charge in [0.25, 0.3) is 0 Å². The molecule has 2 heteroatoms. The average molecular weight is 226 g/mol. The van der Waals surface area contributed by atoms with E-state index in [1.807, 2.05) is 0 Å². The maximum Gasteiger partial charge on any atom is 0.00643 e. The Morgan fingerprint density at radius 3 is 2.44 bits per heavy atom. The molecule has 0 aliphatic carbocycles. The average Bonchev–Trinajstić information content (AvgIpc) is 2.73. The first kappa shape index (κ1) is 14.0. The first-order valence-electron chi connectivity index (χ1n) is 7.02. The maximum absolute atomic E-state index is 3.71. The van der Waals surface area contributed by atoms with Crippen molar-refractivity contribution < 1.29 is 0 Å². The van der Waals surface area contributed by atoms with Crippen LogP contribution in [0.5, 0.6) is 0 Å². The highest BCUT2D eigenvalue weighted by Crippen LogP contribution is 2.18. The number of hydrogen-bond acceptors (Lipinski definition) is 2. The fourth-order valence-electron chi connectivity index (χ4n) is 2.41. The molecule has 3 atom stereocenters. The summed E-state index contributed by atoms with van der Waals surface area (Å²) in [5, 5.41) is 3.71. The van der Waals surface area contributed by atoms with E-state index in [0.29, 0.717) is 6.04 Å². The van der Waals surface area contributed by atoms with Crippen LogP contribution in [0, 0.1) is 11.8 Å². The van der Waals surface area contributed by atoms with Crippen molar-refractivity contribution in [1.82, 2.24) is 10.2 Å². The zero-order valence-electron chi connectivity index (χ0n) is 11.8. The van der Waals surface area contributed by atoms with E-state index in [-0.39, 0.29) is 0 Å². The van der Waals surface area contributed by atoms with E-state index in [0.717, 1.165) is 17.9 Å². The summed E-state index contributed by atoms with van der Waals surface area (Å²) in [6.45, 7) is 15.3. The molecule has 1 aliphatic rings. The summed E-state index contributed by atoms with van der Waals surface area (Å²) >= 11 is 0. The van der Waals surface area contributed by atoms with Crippen molar-refractivity contribution in [3.05, 3.63) is 0 Å². The van der Waals surface area contributed by atoms with Gasteiger partial charge in [-0.2, -0.15) is 0 Å². The number of nitrogens with one attached hydrogen (secondary N) is 1. The van der Waals surface area contributed by atoms with Gasteiger partial charge >= 0.3 is 0 Å². The standard InChI is InChI=1S/C14H30N2/c1-6-12(4)13(5)15-9-14-7-8-16(10-14)11(2)3/h11-15H,6-10H2,1-5H3. The smallest absolute Gasteiger partial charge is 0.00643 e. The Kier molecular flexibility index (Phi) is 5.77. The van der Waals surface area contributed by atoms with E-state index in [1.54, 1.807) is 0 Å². The second-order valence-corrected chi connectivity index (χ2v) is 5.83. The van der Waals surface area contributed by atoms with Gasteiger partial charge in [-0.05, 0) is 52.1 Å². The van der Waals surface area contributed by atoms with Gasteiger partial charge in [0.2, 0.25) is 0 Å². The SMILES string of the molecule is CCC(C)C(C)NCC1CCN(C(C)C)C1. The topological polar surface area (TPSA) is 15.3 Å². The summed E-state index contributed by atoms with van der Waals surface area (Å²) in [4.78, 5) is 2.60. The lowest BCUT2D eigenvalue weighted by molar-refractivity contribution is 0.260. The second-order valence-electron chi connectivity index (χ2n) is 5.83. The normalized spacial score (nSPS) is 26.2. The molecule has 1 aliphatic heterocycles. The largest absolute Gasteiger partial charge is 0.314 e. The molecule has 1 N–H and O–H groups in total. The Hall–Kier alpha value is -0.0800. The summed E-state index contributed by atoms with van der Waals surface area (Å²) in [5.74, 6) is 1.66. The summed E-state index contributed by atoms with van der Waals surface area (Å²) in [6.07, 6.45) is 2.65. The van der Waals surface area contributed by atoms with Crippen LogP contribution in [0.3, 0.4) is 0 Å². The maximum atomic E-state index is 3.71. The molecule has 0 aromatic heterocycles. The van der Waals surface area contributed by atoms with E-state index < -0.39 is 0 Å². The minimum atomic E-state index is 0.665. The third-order valence-electron chi connectivity index (χ3n) is 4.27. The molecular weight excluding hydrogens is 196 g/mol. The Bertz CT molecular complexity index is 191. The van der Waals surface area contributed by atoms with E-state index in [1.165, 1.54) is 32.5 Å². The van der Waals surface area contributed by atoms with Gasteiger partial charge in [0.15, 0.2) is 0 Å². The minimum Gasteiger partial charge on any atom is -0.314 e. The molecule has 16 heavy (non-hydrogen) atoms. The molecule has 0 bridgehead atoms. The van der Waals surface area contributed by atoms with Crippen molar-refractivity contribution >= 4 is 0 Å². The third kappa shape index (κ3) is 4.06. The quantitative estimate of drug-likeness (QED) is 0.749. The van der Waals surface area contributed by atoms with E-state index in [9.17, 15) is 0 Å². The summed E-state index contributed by atoms with van der Waals surface area (Å²) in [7, 11) is 0. The van der Waals surface area contributed by atoms with E-state index in [4.69, 9.17) is 0 Å². The Balaban J connectivity index is 2.20. The molecule has 1 fully saturated rings. The molecule has 1 saturated heterocycles. The van der Waals surface area contributed by atoms with Gasteiger partial charge in [-0.25, -0.2) is 0 Å².